The van der Waals surface area contributed by atoms with E-state index in [0.717, 1.165) is 12.8 Å². The molecule has 0 saturated carbocycles. The highest BCUT2D eigenvalue weighted by atomic mass is 35.5. The number of aliphatic hydroxyl groups excluding tert-OH is 3. The van der Waals surface area contributed by atoms with Gasteiger partial charge in [-0.1, -0.05) is 37.1 Å². The summed E-state index contributed by atoms with van der Waals surface area (Å²) in [6, 6.07) is 3.38. The minimum atomic E-state index is -0.572. The van der Waals surface area contributed by atoms with Crippen molar-refractivity contribution >= 4 is 23.4 Å². The molecule has 0 saturated heterocycles. The number of carbonyl (C=O) groups excluding carboxylic acids is 1. The van der Waals surface area contributed by atoms with Gasteiger partial charge in [0.2, 0.25) is 0 Å². The molecule has 0 amide bonds. The lowest BCUT2D eigenvalue weighted by molar-refractivity contribution is 0.0520. The maximum absolute atomic E-state index is 12.3. The van der Waals surface area contributed by atoms with Crippen molar-refractivity contribution in [2.75, 3.05) is 18.5 Å². The van der Waals surface area contributed by atoms with Gasteiger partial charge >= 0.3 is 5.97 Å². The Labute approximate surface area is 169 Å². The van der Waals surface area contributed by atoms with E-state index in [-0.39, 0.29) is 37.1 Å². The van der Waals surface area contributed by atoms with E-state index in [0.29, 0.717) is 40.2 Å². The first kappa shape index (κ1) is 22.2. The van der Waals surface area contributed by atoms with Crippen LogP contribution in [0.25, 0.3) is 11.1 Å². The molecule has 154 valence electrons. The van der Waals surface area contributed by atoms with E-state index in [9.17, 15) is 20.1 Å². The summed E-state index contributed by atoms with van der Waals surface area (Å²) in [5, 5.41) is 32.6. The SMILES string of the molecule is CCCCNc1[nH]c(C(=O)OCC)c(Cl)c1-c1ccc(CO)c(CO)c1CO. The molecule has 0 aliphatic rings. The third-order valence-electron chi connectivity index (χ3n) is 4.53. The summed E-state index contributed by atoms with van der Waals surface area (Å²) in [5.41, 5.74) is 2.62. The molecule has 7 nitrogen and oxygen atoms in total. The summed E-state index contributed by atoms with van der Waals surface area (Å²) >= 11 is 6.54. The molecular weight excluding hydrogens is 384 g/mol. The van der Waals surface area contributed by atoms with Gasteiger partial charge in [0.1, 0.15) is 11.5 Å². The molecule has 2 rings (SSSR count). The van der Waals surface area contributed by atoms with Crippen LogP contribution in [-0.2, 0) is 24.6 Å². The summed E-state index contributed by atoms with van der Waals surface area (Å²) in [5.74, 6) is -0.0333. The molecule has 1 aromatic carbocycles. The van der Waals surface area contributed by atoms with Gasteiger partial charge < -0.3 is 30.4 Å². The minimum absolute atomic E-state index is 0.123. The second-order valence-corrected chi connectivity index (χ2v) is 6.65. The first-order valence-electron chi connectivity index (χ1n) is 9.32. The van der Waals surface area contributed by atoms with Crippen molar-refractivity contribution in [3.63, 3.8) is 0 Å². The lowest BCUT2D eigenvalue weighted by Crippen LogP contribution is -2.06. The van der Waals surface area contributed by atoms with Crippen LogP contribution in [0, 0.1) is 0 Å². The van der Waals surface area contributed by atoms with Gasteiger partial charge in [0.15, 0.2) is 0 Å². The summed E-state index contributed by atoms with van der Waals surface area (Å²) in [4.78, 5) is 15.3. The predicted molar refractivity (Wildman–Crippen MR) is 108 cm³/mol. The highest BCUT2D eigenvalue weighted by molar-refractivity contribution is 6.37. The molecule has 1 aromatic heterocycles. The highest BCUT2D eigenvalue weighted by Crippen LogP contribution is 2.41. The second-order valence-electron chi connectivity index (χ2n) is 6.27. The molecule has 8 heteroatoms. The molecule has 1 heterocycles. The van der Waals surface area contributed by atoms with E-state index in [4.69, 9.17) is 16.3 Å². The van der Waals surface area contributed by atoms with Gasteiger partial charge in [-0.25, -0.2) is 4.79 Å². The number of H-pyrrole nitrogens is 1. The van der Waals surface area contributed by atoms with E-state index < -0.39 is 5.97 Å². The Bertz CT molecular complexity index is 819. The van der Waals surface area contributed by atoms with Gasteiger partial charge in [0.05, 0.1) is 31.5 Å². The van der Waals surface area contributed by atoms with Gasteiger partial charge in [-0.3, -0.25) is 0 Å². The molecule has 0 unspecified atom stereocenters. The Morgan fingerprint density at radius 3 is 2.43 bits per heavy atom. The maximum atomic E-state index is 12.3. The van der Waals surface area contributed by atoms with Gasteiger partial charge in [-0.15, -0.1) is 0 Å². The second kappa shape index (κ2) is 10.5. The number of ether oxygens (including phenoxy) is 1. The quantitative estimate of drug-likeness (QED) is 0.303. The van der Waals surface area contributed by atoms with Crippen LogP contribution in [0.3, 0.4) is 0 Å². The van der Waals surface area contributed by atoms with Crippen molar-refractivity contribution in [3.8, 4) is 11.1 Å². The number of rotatable bonds is 10. The third-order valence-corrected chi connectivity index (χ3v) is 4.91. The molecule has 0 atom stereocenters. The first-order valence-corrected chi connectivity index (χ1v) is 9.70. The summed E-state index contributed by atoms with van der Waals surface area (Å²) in [7, 11) is 0. The standard InChI is InChI=1S/C20H27ClN2O5/c1-3-5-8-22-19-16(17(21)18(23-19)20(27)28-4-2)13-7-6-12(9-24)14(10-25)15(13)11-26/h6-7,22-26H,3-5,8-11H2,1-2H3. The Balaban J connectivity index is 2.67. The molecule has 0 radical (unpaired) electrons. The van der Waals surface area contributed by atoms with Crippen molar-refractivity contribution in [2.45, 2.75) is 46.5 Å². The Morgan fingerprint density at radius 1 is 1.14 bits per heavy atom. The largest absolute Gasteiger partial charge is 0.461 e. The number of nitrogens with one attached hydrogen (secondary N) is 2. The molecule has 0 bridgehead atoms. The zero-order chi connectivity index (χ0) is 20.7. The number of unbranched alkanes of at least 4 members (excludes halogenated alkanes) is 1. The minimum Gasteiger partial charge on any atom is -0.461 e. The predicted octanol–water partition coefficient (Wildman–Crippen LogP) is 3.20. The fourth-order valence-electron chi connectivity index (χ4n) is 3.10. The smallest absolute Gasteiger partial charge is 0.356 e. The van der Waals surface area contributed by atoms with E-state index in [1.807, 2.05) is 0 Å². The fourth-order valence-corrected chi connectivity index (χ4v) is 3.42. The number of benzene rings is 1. The van der Waals surface area contributed by atoms with Crippen LogP contribution in [0.4, 0.5) is 5.82 Å². The first-order chi connectivity index (χ1) is 13.5. The molecule has 0 fully saturated rings. The zero-order valence-corrected chi connectivity index (χ0v) is 16.9. The number of halogens is 1. The molecule has 5 N–H and O–H groups in total. The van der Waals surface area contributed by atoms with Gasteiger partial charge in [0, 0.05) is 12.1 Å². The number of aromatic nitrogens is 1. The van der Waals surface area contributed by atoms with E-state index in [1.165, 1.54) is 0 Å². The number of hydrogen-bond donors (Lipinski definition) is 5. The van der Waals surface area contributed by atoms with Gasteiger partial charge in [-0.2, -0.15) is 0 Å². The average molecular weight is 411 g/mol. The van der Waals surface area contributed by atoms with Crippen molar-refractivity contribution in [2.24, 2.45) is 0 Å². The average Bonchev–Trinajstić information content (AvgIpc) is 3.03. The third kappa shape index (κ3) is 4.50. The van der Waals surface area contributed by atoms with Gasteiger partial charge in [-0.05, 0) is 35.6 Å². The molecule has 28 heavy (non-hydrogen) atoms. The van der Waals surface area contributed by atoms with Crippen LogP contribution in [0.5, 0.6) is 0 Å². The Kier molecular flexibility index (Phi) is 8.32. The van der Waals surface area contributed by atoms with Crippen LogP contribution < -0.4 is 5.32 Å². The van der Waals surface area contributed by atoms with Crippen LogP contribution in [-0.4, -0.2) is 39.4 Å². The normalized spacial score (nSPS) is 10.9. The molecule has 0 spiro atoms. The van der Waals surface area contributed by atoms with Gasteiger partial charge in [0.25, 0.3) is 0 Å². The number of anilines is 1. The number of aromatic amines is 1. The monoisotopic (exact) mass is 410 g/mol. The van der Waals surface area contributed by atoms with E-state index >= 15 is 0 Å². The molecule has 0 aliphatic carbocycles. The lowest BCUT2D eigenvalue weighted by atomic mass is 9.93. The zero-order valence-electron chi connectivity index (χ0n) is 16.1. The topological polar surface area (TPSA) is 115 Å². The highest BCUT2D eigenvalue weighted by Gasteiger charge is 2.25. The van der Waals surface area contributed by atoms with Crippen LogP contribution >= 0.6 is 11.6 Å². The van der Waals surface area contributed by atoms with E-state index in [2.05, 4.69) is 17.2 Å². The van der Waals surface area contributed by atoms with Crippen molar-refractivity contribution in [1.29, 1.82) is 0 Å². The maximum Gasteiger partial charge on any atom is 0.356 e. The number of carbonyl (C=O) groups is 1. The lowest BCUT2D eigenvalue weighted by Gasteiger charge is -2.16. The number of aliphatic hydroxyl groups is 3. The molecular formula is C20H27ClN2O5. The van der Waals surface area contributed by atoms with E-state index in [1.54, 1.807) is 19.1 Å². The molecule has 2 aromatic rings. The fraction of sp³-hybridized carbons (Fsp3) is 0.450. The summed E-state index contributed by atoms with van der Waals surface area (Å²) in [6.07, 6.45) is 1.91. The van der Waals surface area contributed by atoms with Crippen molar-refractivity contribution in [1.82, 2.24) is 4.98 Å². The number of hydrogen-bond acceptors (Lipinski definition) is 6. The Hall–Kier alpha value is -2.06. The van der Waals surface area contributed by atoms with Crippen LogP contribution in [0.2, 0.25) is 5.02 Å². The van der Waals surface area contributed by atoms with Crippen molar-refractivity contribution in [3.05, 3.63) is 39.5 Å². The van der Waals surface area contributed by atoms with Crippen LogP contribution in [0.15, 0.2) is 12.1 Å². The van der Waals surface area contributed by atoms with Crippen LogP contribution in [0.1, 0.15) is 53.9 Å². The Morgan fingerprint density at radius 2 is 1.86 bits per heavy atom. The summed E-state index contributed by atoms with van der Waals surface area (Å²) in [6.45, 7) is 3.69. The number of esters is 1. The molecule has 0 aliphatic heterocycles. The van der Waals surface area contributed by atoms with Crippen molar-refractivity contribution < 1.29 is 24.9 Å². The summed E-state index contributed by atoms with van der Waals surface area (Å²) < 4.78 is 5.07.